The highest BCUT2D eigenvalue weighted by Crippen LogP contribution is 2.14. The summed E-state index contributed by atoms with van der Waals surface area (Å²) in [5.74, 6) is 0. The van der Waals surface area contributed by atoms with Crippen molar-refractivity contribution in [1.29, 1.82) is 0 Å². The van der Waals surface area contributed by atoms with Gasteiger partial charge in [-0.2, -0.15) is 0 Å². The van der Waals surface area contributed by atoms with Crippen LogP contribution in [0.5, 0.6) is 0 Å². The lowest BCUT2D eigenvalue weighted by atomic mass is 10.2. The Morgan fingerprint density at radius 1 is 1.40 bits per heavy atom. The molecule has 3 N–H and O–H groups in total. The summed E-state index contributed by atoms with van der Waals surface area (Å²) in [6.07, 6.45) is 1.71. The fraction of sp³-hybridized carbons (Fsp3) is 0.167. The van der Waals surface area contributed by atoms with E-state index in [0.717, 1.165) is 9.88 Å². The van der Waals surface area contributed by atoms with Crippen LogP contribution < -0.4 is 10.5 Å². The molecule has 0 unspecified atom stereocenters. The van der Waals surface area contributed by atoms with Crippen molar-refractivity contribution in [3.8, 4) is 0 Å². The Morgan fingerprint density at radius 3 is 2.55 bits per heavy atom. The molecule has 20 heavy (non-hydrogen) atoms. The van der Waals surface area contributed by atoms with Gasteiger partial charge >= 0.3 is 0 Å². The summed E-state index contributed by atoms with van der Waals surface area (Å²) in [4.78, 5) is 5.56. The SMILES string of the molecule is Cc1cnc(CNS(=O)(=O)c2ccc(C(N)=S)cc2)s1. The molecule has 0 radical (unpaired) electrons. The van der Waals surface area contributed by atoms with Gasteiger partial charge in [-0.1, -0.05) is 24.4 Å². The standard InChI is InChI=1S/C12H13N3O2S3/c1-8-6-14-11(19-8)7-15-20(16,17)10-4-2-9(3-5-10)12(13)18/h2-6,15H,7H2,1H3,(H2,13,18). The van der Waals surface area contributed by atoms with Crippen LogP contribution in [0.25, 0.3) is 0 Å². The van der Waals surface area contributed by atoms with Gasteiger partial charge in [0.2, 0.25) is 10.0 Å². The molecule has 0 atom stereocenters. The first-order chi connectivity index (χ1) is 9.38. The van der Waals surface area contributed by atoms with E-state index in [2.05, 4.69) is 9.71 Å². The molecule has 1 aromatic carbocycles. The number of thiazole rings is 1. The van der Waals surface area contributed by atoms with Gasteiger partial charge in [-0.3, -0.25) is 0 Å². The first-order valence-corrected chi connectivity index (χ1v) is 8.40. The third-order valence-electron chi connectivity index (χ3n) is 2.53. The number of nitrogens with two attached hydrogens (primary N) is 1. The van der Waals surface area contributed by atoms with Gasteiger partial charge in [-0.15, -0.1) is 11.3 Å². The van der Waals surface area contributed by atoms with Crippen molar-refractivity contribution in [3.63, 3.8) is 0 Å². The summed E-state index contributed by atoms with van der Waals surface area (Å²) >= 11 is 6.28. The molecule has 0 saturated heterocycles. The van der Waals surface area contributed by atoms with E-state index in [1.54, 1.807) is 18.3 Å². The van der Waals surface area contributed by atoms with Crippen molar-refractivity contribution >= 4 is 38.6 Å². The number of thiocarbonyl (C=S) groups is 1. The first-order valence-electron chi connectivity index (χ1n) is 5.69. The van der Waals surface area contributed by atoms with E-state index in [1.807, 2.05) is 6.92 Å². The Morgan fingerprint density at radius 2 is 2.05 bits per heavy atom. The number of aryl methyl sites for hydroxylation is 1. The summed E-state index contributed by atoms with van der Waals surface area (Å²) in [5, 5.41) is 0.728. The predicted octanol–water partition coefficient (Wildman–Crippen LogP) is 1.56. The van der Waals surface area contributed by atoms with Crippen LogP contribution in [0, 0.1) is 6.92 Å². The molecule has 0 aliphatic carbocycles. The van der Waals surface area contributed by atoms with Gasteiger partial charge < -0.3 is 5.73 Å². The highest BCUT2D eigenvalue weighted by molar-refractivity contribution is 7.89. The summed E-state index contributed by atoms with van der Waals surface area (Å²) in [7, 11) is -3.56. The molecule has 1 heterocycles. The van der Waals surface area contributed by atoms with Crippen LogP contribution in [-0.2, 0) is 16.6 Å². The van der Waals surface area contributed by atoms with Gasteiger partial charge in [0.1, 0.15) is 10.00 Å². The smallest absolute Gasteiger partial charge is 0.240 e. The topological polar surface area (TPSA) is 85.1 Å². The maximum Gasteiger partial charge on any atom is 0.240 e. The molecule has 0 bridgehead atoms. The maximum absolute atomic E-state index is 12.1. The Labute approximate surface area is 126 Å². The zero-order chi connectivity index (χ0) is 14.8. The van der Waals surface area contributed by atoms with Gasteiger partial charge in [-0.05, 0) is 19.1 Å². The number of hydrogen-bond donors (Lipinski definition) is 2. The first kappa shape index (κ1) is 15.0. The summed E-state index contributed by atoms with van der Waals surface area (Å²) in [5.41, 5.74) is 6.10. The number of nitrogens with one attached hydrogen (secondary N) is 1. The minimum atomic E-state index is -3.56. The van der Waals surface area contributed by atoms with Crippen LogP contribution in [0.15, 0.2) is 35.4 Å². The Bertz CT molecular complexity index is 721. The van der Waals surface area contributed by atoms with Crippen LogP contribution in [0.1, 0.15) is 15.4 Å². The second-order valence-electron chi connectivity index (χ2n) is 4.08. The van der Waals surface area contributed by atoms with Crippen molar-refractivity contribution in [2.24, 2.45) is 5.73 Å². The quantitative estimate of drug-likeness (QED) is 0.814. The van der Waals surface area contributed by atoms with Crippen LogP contribution in [0.4, 0.5) is 0 Å². The third-order valence-corrected chi connectivity index (χ3v) is 5.10. The van der Waals surface area contributed by atoms with Crippen LogP contribution in [0.3, 0.4) is 0 Å². The van der Waals surface area contributed by atoms with Crippen molar-refractivity contribution < 1.29 is 8.42 Å². The van der Waals surface area contributed by atoms with Crippen LogP contribution in [-0.4, -0.2) is 18.4 Å². The minimum absolute atomic E-state index is 0.172. The van der Waals surface area contributed by atoms with E-state index in [0.29, 0.717) is 5.56 Å². The van der Waals surface area contributed by atoms with Crippen LogP contribution in [0.2, 0.25) is 0 Å². The molecule has 0 spiro atoms. The van der Waals surface area contributed by atoms with Crippen molar-refractivity contribution in [2.75, 3.05) is 0 Å². The van der Waals surface area contributed by atoms with Gasteiger partial charge in [0.15, 0.2) is 0 Å². The Kier molecular flexibility index (Phi) is 4.48. The van der Waals surface area contributed by atoms with Crippen LogP contribution >= 0.6 is 23.6 Å². The molecule has 0 saturated carbocycles. The Balaban J connectivity index is 2.11. The normalized spacial score (nSPS) is 11.4. The molecule has 2 rings (SSSR count). The van der Waals surface area contributed by atoms with E-state index in [9.17, 15) is 8.42 Å². The number of hydrogen-bond acceptors (Lipinski definition) is 5. The molecule has 0 fully saturated rings. The highest BCUT2D eigenvalue weighted by Gasteiger charge is 2.14. The monoisotopic (exact) mass is 327 g/mol. The number of benzene rings is 1. The molecule has 2 aromatic rings. The fourth-order valence-electron chi connectivity index (χ4n) is 1.52. The van der Waals surface area contributed by atoms with Gasteiger partial charge in [0.25, 0.3) is 0 Å². The fourth-order valence-corrected chi connectivity index (χ4v) is 3.46. The zero-order valence-electron chi connectivity index (χ0n) is 10.7. The average molecular weight is 327 g/mol. The number of sulfonamides is 1. The summed E-state index contributed by atoms with van der Waals surface area (Å²) in [6.45, 7) is 2.10. The molecule has 106 valence electrons. The number of rotatable bonds is 5. The van der Waals surface area contributed by atoms with Gasteiger partial charge in [0, 0.05) is 16.6 Å². The second-order valence-corrected chi connectivity index (χ2v) is 7.60. The molecule has 0 aliphatic heterocycles. The lowest BCUT2D eigenvalue weighted by molar-refractivity contribution is 0.581. The van der Waals surface area contributed by atoms with Gasteiger partial charge in [-0.25, -0.2) is 18.1 Å². The average Bonchev–Trinajstić information content (AvgIpc) is 2.82. The molecule has 5 nitrogen and oxygen atoms in total. The van der Waals surface area contributed by atoms with E-state index >= 15 is 0 Å². The predicted molar refractivity (Wildman–Crippen MR) is 83.2 cm³/mol. The lowest BCUT2D eigenvalue weighted by Crippen LogP contribution is -2.23. The largest absolute Gasteiger partial charge is 0.389 e. The van der Waals surface area contributed by atoms with E-state index in [4.69, 9.17) is 18.0 Å². The minimum Gasteiger partial charge on any atom is -0.389 e. The van der Waals surface area contributed by atoms with E-state index in [1.165, 1.54) is 23.5 Å². The summed E-state index contributed by atoms with van der Waals surface area (Å²) in [6, 6.07) is 6.13. The third kappa shape index (κ3) is 3.60. The molecule has 8 heteroatoms. The molecule has 1 aromatic heterocycles. The number of nitrogens with zero attached hydrogens (tertiary/aromatic N) is 1. The second kappa shape index (κ2) is 5.96. The zero-order valence-corrected chi connectivity index (χ0v) is 13.1. The molecule has 0 amide bonds. The Hall–Kier alpha value is -1.35. The molecule has 0 aliphatic rings. The molecular formula is C12H13N3O2S3. The van der Waals surface area contributed by atoms with Crippen molar-refractivity contribution in [3.05, 3.63) is 45.9 Å². The number of aromatic nitrogens is 1. The van der Waals surface area contributed by atoms with E-state index in [-0.39, 0.29) is 16.4 Å². The van der Waals surface area contributed by atoms with Gasteiger partial charge in [0.05, 0.1) is 11.4 Å². The summed E-state index contributed by atoms with van der Waals surface area (Å²) < 4.78 is 26.7. The maximum atomic E-state index is 12.1. The molecular weight excluding hydrogens is 314 g/mol. The van der Waals surface area contributed by atoms with Crippen molar-refractivity contribution in [2.45, 2.75) is 18.4 Å². The van der Waals surface area contributed by atoms with Crippen molar-refractivity contribution in [1.82, 2.24) is 9.71 Å². The van der Waals surface area contributed by atoms with E-state index < -0.39 is 10.0 Å². The highest BCUT2D eigenvalue weighted by atomic mass is 32.2. The lowest BCUT2D eigenvalue weighted by Gasteiger charge is -2.06.